The third-order valence-corrected chi connectivity index (χ3v) is 4.26. The highest BCUT2D eigenvalue weighted by atomic mass is 16.3. The van der Waals surface area contributed by atoms with E-state index in [0.717, 1.165) is 13.0 Å². The number of anilines is 1. The van der Waals surface area contributed by atoms with Gasteiger partial charge in [0.15, 0.2) is 0 Å². The molecule has 3 rings (SSSR count). The lowest BCUT2D eigenvalue weighted by atomic mass is 9.92. The van der Waals surface area contributed by atoms with Gasteiger partial charge in [0.25, 0.3) is 5.91 Å². The summed E-state index contributed by atoms with van der Waals surface area (Å²) in [7, 11) is 1.68. The molecule has 2 aromatic rings. The molecule has 1 aliphatic heterocycles. The third-order valence-electron chi connectivity index (χ3n) is 4.26. The van der Waals surface area contributed by atoms with Crippen LogP contribution in [0.3, 0.4) is 0 Å². The van der Waals surface area contributed by atoms with Crippen molar-refractivity contribution in [2.24, 2.45) is 0 Å². The number of β-amino-alcohol motifs (C(OH)–C–C–N with tert-alkyl or cyclic N) is 1. The standard InChI is InChI=1S/C17H22N6O2/c1-13-18-9-5-14(21-13)15(24)22(2)11-17(25)6-3-10-23(12-17)16-19-7-4-8-20-16/h4-5,7-9,25H,3,6,10-12H2,1-2H3. The molecule has 8 nitrogen and oxygen atoms in total. The number of hydrogen-bond acceptors (Lipinski definition) is 7. The van der Waals surface area contributed by atoms with Gasteiger partial charge in [-0.3, -0.25) is 4.79 Å². The summed E-state index contributed by atoms with van der Waals surface area (Å²) in [5, 5.41) is 11.0. The van der Waals surface area contributed by atoms with Gasteiger partial charge in [-0.2, -0.15) is 0 Å². The van der Waals surface area contributed by atoms with Gasteiger partial charge in [0.2, 0.25) is 5.95 Å². The lowest BCUT2D eigenvalue weighted by Crippen LogP contribution is -2.55. The molecule has 25 heavy (non-hydrogen) atoms. The zero-order valence-corrected chi connectivity index (χ0v) is 14.5. The van der Waals surface area contributed by atoms with E-state index >= 15 is 0 Å². The molecule has 0 radical (unpaired) electrons. The van der Waals surface area contributed by atoms with E-state index in [-0.39, 0.29) is 12.5 Å². The third kappa shape index (κ3) is 4.08. The Kier molecular flexibility index (Phi) is 4.89. The van der Waals surface area contributed by atoms with Crippen molar-refractivity contribution >= 4 is 11.9 Å². The minimum atomic E-state index is -1.01. The van der Waals surface area contributed by atoms with E-state index < -0.39 is 5.60 Å². The highest BCUT2D eigenvalue weighted by Gasteiger charge is 2.36. The molecule has 1 unspecified atom stereocenters. The second kappa shape index (κ2) is 7.10. The van der Waals surface area contributed by atoms with Crippen LogP contribution in [-0.4, -0.2) is 68.1 Å². The Labute approximate surface area is 146 Å². The Morgan fingerprint density at radius 1 is 1.32 bits per heavy atom. The molecule has 1 fully saturated rings. The molecule has 0 spiro atoms. The number of nitrogens with zero attached hydrogens (tertiary/aromatic N) is 6. The van der Waals surface area contributed by atoms with Crippen LogP contribution in [0.15, 0.2) is 30.7 Å². The molecular weight excluding hydrogens is 320 g/mol. The first-order valence-electron chi connectivity index (χ1n) is 8.26. The van der Waals surface area contributed by atoms with E-state index in [9.17, 15) is 9.90 Å². The molecule has 0 saturated carbocycles. The maximum Gasteiger partial charge on any atom is 0.272 e. The van der Waals surface area contributed by atoms with E-state index in [1.165, 1.54) is 4.90 Å². The van der Waals surface area contributed by atoms with Gasteiger partial charge in [0, 0.05) is 32.2 Å². The Hall–Kier alpha value is -2.61. The molecule has 132 valence electrons. The van der Waals surface area contributed by atoms with Crippen LogP contribution in [-0.2, 0) is 0 Å². The maximum atomic E-state index is 12.6. The largest absolute Gasteiger partial charge is 0.386 e. The van der Waals surface area contributed by atoms with E-state index in [0.29, 0.717) is 30.4 Å². The second-order valence-electron chi connectivity index (χ2n) is 6.45. The van der Waals surface area contributed by atoms with Gasteiger partial charge in [-0.05, 0) is 31.9 Å². The fourth-order valence-electron chi connectivity index (χ4n) is 3.15. The highest BCUT2D eigenvalue weighted by molar-refractivity contribution is 5.92. The Bertz CT molecular complexity index is 741. The molecular formula is C17H22N6O2. The quantitative estimate of drug-likeness (QED) is 0.873. The summed E-state index contributed by atoms with van der Waals surface area (Å²) < 4.78 is 0. The van der Waals surface area contributed by atoms with Gasteiger partial charge in [-0.25, -0.2) is 19.9 Å². The monoisotopic (exact) mass is 342 g/mol. The molecule has 1 atom stereocenters. The Morgan fingerprint density at radius 3 is 2.80 bits per heavy atom. The van der Waals surface area contributed by atoms with Crippen LogP contribution < -0.4 is 4.90 Å². The zero-order valence-electron chi connectivity index (χ0n) is 14.5. The van der Waals surface area contributed by atoms with E-state index in [4.69, 9.17) is 0 Å². The lowest BCUT2D eigenvalue weighted by Gasteiger charge is -2.41. The predicted molar refractivity (Wildman–Crippen MR) is 92.2 cm³/mol. The van der Waals surface area contributed by atoms with Crippen LogP contribution in [0.1, 0.15) is 29.2 Å². The first-order valence-corrected chi connectivity index (χ1v) is 8.26. The first kappa shape index (κ1) is 17.2. The highest BCUT2D eigenvalue weighted by Crippen LogP contribution is 2.24. The number of aromatic nitrogens is 4. The number of carbonyl (C=O) groups is 1. The smallest absolute Gasteiger partial charge is 0.272 e. The number of aliphatic hydroxyl groups is 1. The molecule has 8 heteroatoms. The average molecular weight is 342 g/mol. The van der Waals surface area contributed by atoms with Crippen molar-refractivity contribution in [3.63, 3.8) is 0 Å². The fourth-order valence-corrected chi connectivity index (χ4v) is 3.15. The number of aryl methyl sites for hydroxylation is 1. The molecule has 1 aliphatic rings. The summed E-state index contributed by atoms with van der Waals surface area (Å²) in [6.45, 7) is 3.13. The van der Waals surface area contributed by atoms with Crippen LogP contribution in [0.2, 0.25) is 0 Å². The molecule has 1 saturated heterocycles. The summed E-state index contributed by atoms with van der Waals surface area (Å²) in [5.74, 6) is 0.913. The molecule has 0 bridgehead atoms. The maximum absolute atomic E-state index is 12.6. The van der Waals surface area contributed by atoms with Gasteiger partial charge >= 0.3 is 0 Å². The van der Waals surface area contributed by atoms with Gasteiger partial charge in [0.05, 0.1) is 18.7 Å². The fraction of sp³-hybridized carbons (Fsp3) is 0.471. The number of rotatable bonds is 4. The zero-order chi connectivity index (χ0) is 17.9. The normalized spacial score (nSPS) is 20.4. The number of piperidine rings is 1. The van der Waals surface area contributed by atoms with Crippen molar-refractivity contribution in [1.82, 2.24) is 24.8 Å². The number of amides is 1. The molecule has 0 aliphatic carbocycles. The average Bonchev–Trinajstić information content (AvgIpc) is 2.61. The van der Waals surface area contributed by atoms with E-state index in [2.05, 4.69) is 19.9 Å². The number of likely N-dealkylation sites (N-methyl/N-ethyl adjacent to an activating group) is 1. The second-order valence-corrected chi connectivity index (χ2v) is 6.45. The molecule has 1 amide bonds. The molecule has 2 aromatic heterocycles. The van der Waals surface area contributed by atoms with Crippen molar-refractivity contribution in [3.05, 3.63) is 42.2 Å². The Morgan fingerprint density at radius 2 is 2.08 bits per heavy atom. The van der Waals surface area contributed by atoms with Gasteiger partial charge in [-0.15, -0.1) is 0 Å². The van der Waals surface area contributed by atoms with Crippen molar-refractivity contribution in [2.75, 3.05) is 31.6 Å². The summed E-state index contributed by atoms with van der Waals surface area (Å²) in [6.07, 6.45) is 6.36. The minimum absolute atomic E-state index is 0.220. The van der Waals surface area contributed by atoms with Gasteiger partial charge in [0.1, 0.15) is 11.5 Å². The number of hydrogen-bond donors (Lipinski definition) is 1. The van der Waals surface area contributed by atoms with E-state index in [1.807, 2.05) is 4.90 Å². The summed E-state index contributed by atoms with van der Waals surface area (Å²) in [6, 6.07) is 3.34. The predicted octanol–water partition coefficient (Wildman–Crippen LogP) is 0.679. The van der Waals surface area contributed by atoms with Gasteiger partial charge in [-0.1, -0.05) is 0 Å². The van der Waals surface area contributed by atoms with Crippen LogP contribution in [0.5, 0.6) is 0 Å². The van der Waals surface area contributed by atoms with Crippen molar-refractivity contribution in [2.45, 2.75) is 25.4 Å². The Balaban J connectivity index is 1.69. The minimum Gasteiger partial charge on any atom is -0.386 e. The van der Waals surface area contributed by atoms with Crippen LogP contribution in [0, 0.1) is 6.92 Å². The van der Waals surface area contributed by atoms with Gasteiger partial charge < -0.3 is 14.9 Å². The van der Waals surface area contributed by atoms with Crippen molar-refractivity contribution in [1.29, 1.82) is 0 Å². The van der Waals surface area contributed by atoms with Crippen molar-refractivity contribution < 1.29 is 9.90 Å². The summed E-state index contributed by atoms with van der Waals surface area (Å²) in [5.41, 5.74) is -0.679. The SMILES string of the molecule is Cc1nccc(C(=O)N(C)CC2(O)CCCN(c3ncccn3)C2)n1. The van der Waals surface area contributed by atoms with Crippen molar-refractivity contribution in [3.8, 4) is 0 Å². The first-order chi connectivity index (χ1) is 12.0. The topological polar surface area (TPSA) is 95.3 Å². The van der Waals surface area contributed by atoms with Crippen LogP contribution in [0.4, 0.5) is 5.95 Å². The lowest BCUT2D eigenvalue weighted by molar-refractivity contribution is -0.000448. The molecule has 0 aromatic carbocycles. The summed E-state index contributed by atoms with van der Waals surface area (Å²) >= 11 is 0. The molecule has 3 heterocycles. The van der Waals surface area contributed by atoms with Crippen LogP contribution in [0.25, 0.3) is 0 Å². The van der Waals surface area contributed by atoms with Crippen LogP contribution >= 0.6 is 0 Å². The summed E-state index contributed by atoms with van der Waals surface area (Å²) in [4.78, 5) is 32.7. The molecule has 1 N–H and O–H groups in total. The number of carbonyl (C=O) groups excluding carboxylic acids is 1. The van der Waals surface area contributed by atoms with E-state index in [1.54, 1.807) is 44.7 Å².